The molecule has 0 spiro atoms. The van der Waals surface area contributed by atoms with Crippen LogP contribution in [0.4, 0.5) is 0 Å². The van der Waals surface area contributed by atoms with Crippen molar-refractivity contribution in [2.24, 2.45) is 0 Å². The fourth-order valence-electron chi connectivity index (χ4n) is 3.20. The van der Waals surface area contributed by atoms with Crippen LogP contribution in [0.2, 0.25) is 5.02 Å². The van der Waals surface area contributed by atoms with Gasteiger partial charge in [0.15, 0.2) is 0 Å². The van der Waals surface area contributed by atoms with Crippen molar-refractivity contribution in [2.45, 2.75) is 17.0 Å². The molecule has 1 aliphatic heterocycles. The van der Waals surface area contributed by atoms with Gasteiger partial charge in [-0.2, -0.15) is 4.31 Å². The number of sulfonamides is 1. The molecule has 0 radical (unpaired) electrons. The molecule has 4 rings (SSSR count). The highest BCUT2D eigenvalue weighted by atomic mass is 35.5. The lowest BCUT2D eigenvalue weighted by atomic mass is 10.0. The predicted molar refractivity (Wildman–Crippen MR) is 98.8 cm³/mol. The number of halogens is 1. The first-order valence-corrected chi connectivity index (χ1v) is 9.80. The standard InChI is InChI=1S/C20H16ClNO2S/c21-17-11-13-18(14-12-17)25(23,24)22-19(15-7-3-1-4-8-15)20(22)16-9-5-2-6-10-16/h1-14,19-20H. The highest BCUT2D eigenvalue weighted by Gasteiger charge is 2.56. The molecule has 0 aliphatic carbocycles. The summed E-state index contributed by atoms with van der Waals surface area (Å²) in [5.41, 5.74) is 1.99. The molecular weight excluding hydrogens is 354 g/mol. The maximum absolute atomic E-state index is 13.2. The highest BCUT2D eigenvalue weighted by molar-refractivity contribution is 7.89. The monoisotopic (exact) mass is 369 g/mol. The van der Waals surface area contributed by atoms with Crippen LogP contribution in [0.25, 0.3) is 0 Å². The van der Waals surface area contributed by atoms with Gasteiger partial charge in [0.25, 0.3) is 0 Å². The minimum absolute atomic E-state index is 0.190. The number of nitrogens with zero attached hydrogens (tertiary/aromatic N) is 1. The summed E-state index contributed by atoms with van der Waals surface area (Å²) in [6.45, 7) is 0. The van der Waals surface area contributed by atoms with Crippen LogP contribution in [-0.4, -0.2) is 12.7 Å². The summed E-state index contributed by atoms with van der Waals surface area (Å²) in [7, 11) is -3.60. The summed E-state index contributed by atoms with van der Waals surface area (Å²) < 4.78 is 27.9. The minimum Gasteiger partial charge on any atom is -0.207 e. The van der Waals surface area contributed by atoms with E-state index in [-0.39, 0.29) is 17.0 Å². The Kier molecular flexibility index (Phi) is 4.12. The van der Waals surface area contributed by atoms with E-state index in [9.17, 15) is 8.42 Å². The van der Waals surface area contributed by atoms with Crippen LogP contribution in [0.15, 0.2) is 89.8 Å². The molecule has 25 heavy (non-hydrogen) atoms. The molecule has 0 N–H and O–H groups in total. The Morgan fingerprint density at radius 3 is 1.56 bits per heavy atom. The van der Waals surface area contributed by atoms with Gasteiger partial charge in [0.1, 0.15) is 0 Å². The van der Waals surface area contributed by atoms with Gasteiger partial charge in [-0.3, -0.25) is 0 Å². The molecule has 5 heteroatoms. The maximum atomic E-state index is 13.2. The van der Waals surface area contributed by atoms with Crippen LogP contribution < -0.4 is 0 Å². The number of hydrogen-bond donors (Lipinski definition) is 0. The van der Waals surface area contributed by atoms with Crippen LogP contribution in [0.3, 0.4) is 0 Å². The zero-order valence-electron chi connectivity index (χ0n) is 13.3. The normalized spacial score (nSPS) is 22.5. The third-order valence-electron chi connectivity index (χ3n) is 4.43. The predicted octanol–water partition coefficient (Wildman–Crippen LogP) is 4.83. The van der Waals surface area contributed by atoms with Crippen molar-refractivity contribution in [3.8, 4) is 0 Å². The van der Waals surface area contributed by atoms with Crippen molar-refractivity contribution in [1.29, 1.82) is 0 Å². The Hall–Kier alpha value is -2.14. The smallest absolute Gasteiger partial charge is 0.207 e. The van der Waals surface area contributed by atoms with Crippen LogP contribution >= 0.6 is 11.6 Å². The van der Waals surface area contributed by atoms with E-state index >= 15 is 0 Å². The molecule has 1 aliphatic rings. The Morgan fingerprint density at radius 1 is 0.680 bits per heavy atom. The lowest BCUT2D eigenvalue weighted by molar-refractivity contribution is 0.547. The number of hydrogen-bond acceptors (Lipinski definition) is 2. The zero-order chi connectivity index (χ0) is 17.4. The van der Waals surface area contributed by atoms with Gasteiger partial charge in [-0.05, 0) is 35.4 Å². The first kappa shape index (κ1) is 16.3. The number of benzene rings is 3. The Balaban J connectivity index is 1.77. The van der Waals surface area contributed by atoms with Crippen LogP contribution in [0.1, 0.15) is 23.2 Å². The van der Waals surface area contributed by atoms with Gasteiger partial charge in [0, 0.05) is 5.02 Å². The fourth-order valence-corrected chi connectivity index (χ4v) is 5.06. The molecule has 0 amide bonds. The van der Waals surface area contributed by atoms with Gasteiger partial charge in [-0.25, -0.2) is 8.42 Å². The average molecular weight is 370 g/mol. The molecule has 0 bridgehead atoms. The van der Waals surface area contributed by atoms with E-state index in [0.29, 0.717) is 5.02 Å². The molecule has 2 unspecified atom stereocenters. The minimum atomic E-state index is -3.60. The van der Waals surface area contributed by atoms with E-state index in [0.717, 1.165) is 11.1 Å². The second-order valence-electron chi connectivity index (χ2n) is 6.00. The van der Waals surface area contributed by atoms with Crippen LogP contribution in [0.5, 0.6) is 0 Å². The molecule has 3 nitrogen and oxygen atoms in total. The third kappa shape index (κ3) is 2.97. The first-order valence-electron chi connectivity index (χ1n) is 7.98. The van der Waals surface area contributed by atoms with Gasteiger partial charge in [-0.15, -0.1) is 0 Å². The molecule has 126 valence electrons. The van der Waals surface area contributed by atoms with E-state index in [4.69, 9.17) is 11.6 Å². The fraction of sp³-hybridized carbons (Fsp3) is 0.100. The molecule has 1 saturated heterocycles. The van der Waals surface area contributed by atoms with E-state index in [2.05, 4.69) is 0 Å². The summed E-state index contributed by atoms with van der Waals surface area (Å²) in [6.07, 6.45) is 0. The largest absolute Gasteiger partial charge is 0.244 e. The Labute approximate surface area is 152 Å². The molecule has 3 aromatic carbocycles. The SMILES string of the molecule is O=S(=O)(c1ccc(Cl)cc1)N1C(c2ccccc2)C1c1ccccc1. The molecule has 0 aromatic heterocycles. The summed E-state index contributed by atoms with van der Waals surface area (Å²) in [5, 5.41) is 0.518. The van der Waals surface area contributed by atoms with Gasteiger partial charge in [-0.1, -0.05) is 72.3 Å². The van der Waals surface area contributed by atoms with Crippen molar-refractivity contribution in [3.63, 3.8) is 0 Å². The highest BCUT2D eigenvalue weighted by Crippen LogP contribution is 2.57. The summed E-state index contributed by atoms with van der Waals surface area (Å²) in [5.74, 6) is 0. The lowest BCUT2D eigenvalue weighted by Crippen LogP contribution is -2.13. The van der Waals surface area contributed by atoms with E-state index in [1.807, 2.05) is 60.7 Å². The van der Waals surface area contributed by atoms with Gasteiger partial charge < -0.3 is 0 Å². The van der Waals surface area contributed by atoms with Crippen LogP contribution in [-0.2, 0) is 10.0 Å². The van der Waals surface area contributed by atoms with Crippen molar-refractivity contribution in [2.75, 3.05) is 0 Å². The topological polar surface area (TPSA) is 37.1 Å². The Morgan fingerprint density at radius 2 is 1.12 bits per heavy atom. The van der Waals surface area contributed by atoms with E-state index in [1.54, 1.807) is 28.6 Å². The van der Waals surface area contributed by atoms with Gasteiger partial charge >= 0.3 is 0 Å². The summed E-state index contributed by atoms with van der Waals surface area (Å²) >= 11 is 5.90. The van der Waals surface area contributed by atoms with Gasteiger partial charge in [0.05, 0.1) is 17.0 Å². The van der Waals surface area contributed by atoms with Crippen molar-refractivity contribution in [3.05, 3.63) is 101 Å². The first-order chi connectivity index (χ1) is 12.1. The molecule has 2 atom stereocenters. The zero-order valence-corrected chi connectivity index (χ0v) is 14.9. The molecule has 0 saturated carbocycles. The van der Waals surface area contributed by atoms with Crippen molar-refractivity contribution in [1.82, 2.24) is 4.31 Å². The lowest BCUT2D eigenvalue weighted by Gasteiger charge is -2.07. The van der Waals surface area contributed by atoms with Crippen molar-refractivity contribution >= 4 is 21.6 Å². The number of rotatable bonds is 4. The van der Waals surface area contributed by atoms with E-state index < -0.39 is 10.0 Å². The molecule has 1 fully saturated rings. The second kappa shape index (κ2) is 6.30. The van der Waals surface area contributed by atoms with Crippen LogP contribution in [0, 0.1) is 0 Å². The molecule has 1 heterocycles. The quantitative estimate of drug-likeness (QED) is 0.618. The summed E-state index contributed by atoms with van der Waals surface area (Å²) in [6, 6.07) is 25.4. The molecule has 3 aromatic rings. The maximum Gasteiger partial charge on any atom is 0.244 e. The van der Waals surface area contributed by atoms with Crippen molar-refractivity contribution < 1.29 is 8.42 Å². The third-order valence-corrected chi connectivity index (χ3v) is 6.56. The summed E-state index contributed by atoms with van der Waals surface area (Å²) in [4.78, 5) is 0.260. The molecular formula is C20H16ClNO2S. The average Bonchev–Trinajstić information content (AvgIpc) is 3.40. The second-order valence-corrected chi connectivity index (χ2v) is 8.28. The van der Waals surface area contributed by atoms with E-state index in [1.165, 1.54) is 0 Å². The Bertz CT molecular complexity index is 928. The van der Waals surface area contributed by atoms with Gasteiger partial charge in [0.2, 0.25) is 10.0 Å².